The van der Waals surface area contributed by atoms with E-state index in [0.717, 1.165) is 22.2 Å². The third-order valence-electron chi connectivity index (χ3n) is 3.75. The number of anilines is 1. The van der Waals surface area contributed by atoms with Crippen LogP contribution in [-0.2, 0) is 22.8 Å². The number of aromatic nitrogens is 4. The minimum Gasteiger partial charge on any atom is -0.350 e. The van der Waals surface area contributed by atoms with E-state index >= 15 is 0 Å². The zero-order chi connectivity index (χ0) is 19.6. The number of amides is 1. The molecule has 0 aliphatic heterocycles. The van der Waals surface area contributed by atoms with Crippen LogP contribution in [0, 0.1) is 0 Å². The predicted octanol–water partition coefficient (Wildman–Crippen LogP) is 3.07. The molecule has 1 aliphatic carbocycles. The lowest BCUT2D eigenvalue weighted by Gasteiger charge is -2.07. The van der Waals surface area contributed by atoms with Crippen molar-refractivity contribution in [2.75, 3.05) is 11.9 Å². The van der Waals surface area contributed by atoms with E-state index in [1.807, 2.05) is 0 Å². The second-order valence-electron chi connectivity index (χ2n) is 6.14. The second-order valence-corrected chi connectivity index (χ2v) is 6.14. The van der Waals surface area contributed by atoms with Crippen molar-refractivity contribution in [1.82, 2.24) is 19.6 Å². The van der Waals surface area contributed by atoms with Gasteiger partial charge in [-0.15, -0.1) is 0 Å². The Morgan fingerprint density at radius 3 is 2.74 bits per heavy atom. The van der Waals surface area contributed by atoms with Crippen LogP contribution in [0.3, 0.4) is 0 Å². The van der Waals surface area contributed by atoms with Gasteiger partial charge in [-0.3, -0.25) is 9.48 Å². The van der Waals surface area contributed by atoms with Gasteiger partial charge in [-0.2, -0.15) is 23.4 Å². The van der Waals surface area contributed by atoms with Gasteiger partial charge in [0.15, 0.2) is 0 Å². The van der Waals surface area contributed by atoms with Crippen molar-refractivity contribution in [1.29, 1.82) is 0 Å². The van der Waals surface area contributed by atoms with Gasteiger partial charge in [-0.05, 0) is 18.9 Å². The van der Waals surface area contributed by atoms with E-state index in [4.69, 9.17) is 0 Å². The van der Waals surface area contributed by atoms with Gasteiger partial charge >= 0.3 is 6.18 Å². The molecule has 0 radical (unpaired) electrons. The van der Waals surface area contributed by atoms with Crippen LogP contribution in [0.15, 0.2) is 18.5 Å². The van der Waals surface area contributed by atoms with Crippen molar-refractivity contribution >= 4 is 11.6 Å². The summed E-state index contributed by atoms with van der Waals surface area (Å²) < 4.78 is 68.7. The van der Waals surface area contributed by atoms with E-state index in [0.29, 0.717) is 5.69 Å². The molecule has 2 heterocycles. The lowest BCUT2D eigenvalue weighted by Crippen LogP contribution is -2.21. The van der Waals surface area contributed by atoms with Crippen LogP contribution in [0.5, 0.6) is 0 Å². The van der Waals surface area contributed by atoms with Crippen molar-refractivity contribution in [3.05, 3.63) is 29.8 Å². The number of carbonyl (C=O) groups excluding carboxylic acids is 1. The van der Waals surface area contributed by atoms with Gasteiger partial charge in [0.2, 0.25) is 5.91 Å². The van der Waals surface area contributed by atoms with Gasteiger partial charge in [0.25, 0.3) is 6.43 Å². The first-order chi connectivity index (χ1) is 12.7. The van der Waals surface area contributed by atoms with Crippen molar-refractivity contribution in [2.45, 2.75) is 44.6 Å². The smallest absolute Gasteiger partial charge is 0.350 e. The fraction of sp³-hybridized carbons (Fsp3) is 0.533. The summed E-state index contributed by atoms with van der Waals surface area (Å²) in [6.07, 6.45) is -2.95. The summed E-state index contributed by atoms with van der Waals surface area (Å²) in [7, 11) is 0. The average Bonchev–Trinajstić information content (AvgIpc) is 3.17. The minimum absolute atomic E-state index is 0.168. The van der Waals surface area contributed by atoms with Crippen molar-refractivity contribution in [3.8, 4) is 0 Å². The highest BCUT2D eigenvalue weighted by atomic mass is 19.4. The fourth-order valence-corrected chi connectivity index (χ4v) is 2.42. The summed E-state index contributed by atoms with van der Waals surface area (Å²) in [5.41, 5.74) is 0.416. The molecule has 0 spiro atoms. The van der Waals surface area contributed by atoms with Gasteiger partial charge in [0.1, 0.15) is 25.6 Å². The molecule has 12 heteroatoms. The van der Waals surface area contributed by atoms with Gasteiger partial charge in [0.05, 0.1) is 23.8 Å². The molecule has 27 heavy (non-hydrogen) atoms. The molecule has 0 aromatic carbocycles. The van der Waals surface area contributed by atoms with Crippen LogP contribution >= 0.6 is 0 Å². The number of nitrogens with zero attached hydrogens (tertiary/aromatic N) is 4. The van der Waals surface area contributed by atoms with Crippen LogP contribution in [0.2, 0.25) is 0 Å². The number of ether oxygens (including phenoxy) is 1. The topological polar surface area (TPSA) is 74.0 Å². The van der Waals surface area contributed by atoms with Gasteiger partial charge in [-0.1, -0.05) is 0 Å². The Labute approximate surface area is 150 Å². The van der Waals surface area contributed by atoms with Crippen LogP contribution < -0.4 is 5.32 Å². The maximum atomic E-state index is 13.1. The monoisotopic (exact) mass is 393 g/mol. The van der Waals surface area contributed by atoms with Crippen molar-refractivity contribution in [2.24, 2.45) is 0 Å². The minimum atomic E-state index is -4.45. The first-order valence-corrected chi connectivity index (χ1v) is 8.04. The maximum absolute atomic E-state index is 13.1. The molecule has 0 saturated heterocycles. The molecule has 0 bridgehead atoms. The lowest BCUT2D eigenvalue weighted by molar-refractivity contribution is -0.182. The van der Waals surface area contributed by atoms with E-state index < -0.39 is 38.4 Å². The normalized spacial score (nSPS) is 14.7. The molecule has 0 atom stereocenters. The highest BCUT2D eigenvalue weighted by Gasteiger charge is 2.29. The Kier molecular flexibility index (Phi) is 5.44. The molecule has 1 fully saturated rings. The zero-order valence-corrected chi connectivity index (χ0v) is 13.9. The largest absolute Gasteiger partial charge is 0.411 e. The molecule has 1 saturated carbocycles. The molecular weight excluding hydrogens is 377 g/mol. The van der Waals surface area contributed by atoms with Crippen LogP contribution in [0.1, 0.15) is 36.6 Å². The average molecular weight is 393 g/mol. The summed E-state index contributed by atoms with van der Waals surface area (Å²) in [6, 6.07) is 1.31. The number of rotatable bonds is 8. The Morgan fingerprint density at radius 1 is 1.37 bits per heavy atom. The fourth-order valence-electron chi connectivity index (χ4n) is 2.42. The van der Waals surface area contributed by atoms with Gasteiger partial charge < -0.3 is 10.1 Å². The Hall–Kier alpha value is -2.50. The summed E-state index contributed by atoms with van der Waals surface area (Å²) >= 11 is 0. The SMILES string of the molecule is O=C(Cn1nc(C2CC2)cc1C(F)F)Nc1cnn(COCC(F)(F)F)c1. The first kappa shape index (κ1) is 19.3. The van der Waals surface area contributed by atoms with Crippen molar-refractivity contribution in [3.63, 3.8) is 0 Å². The molecular formula is C15H16F5N5O2. The van der Waals surface area contributed by atoms with E-state index in [1.54, 1.807) is 0 Å². The number of alkyl halides is 5. The second kappa shape index (κ2) is 7.62. The Morgan fingerprint density at radius 2 is 2.11 bits per heavy atom. The number of hydrogen-bond donors (Lipinski definition) is 1. The summed E-state index contributed by atoms with van der Waals surface area (Å²) in [5, 5.41) is 10.2. The number of halogens is 5. The van der Waals surface area contributed by atoms with Crippen molar-refractivity contribution < 1.29 is 31.5 Å². The number of nitrogens with one attached hydrogen (secondary N) is 1. The van der Waals surface area contributed by atoms with Gasteiger partial charge in [0, 0.05) is 5.92 Å². The molecule has 2 aromatic rings. The highest BCUT2D eigenvalue weighted by Crippen LogP contribution is 2.40. The van der Waals surface area contributed by atoms with E-state index in [-0.39, 0.29) is 17.3 Å². The highest BCUT2D eigenvalue weighted by molar-refractivity contribution is 5.90. The third-order valence-corrected chi connectivity index (χ3v) is 3.75. The van der Waals surface area contributed by atoms with Gasteiger partial charge in [-0.25, -0.2) is 13.5 Å². The lowest BCUT2D eigenvalue weighted by atomic mass is 10.3. The molecule has 1 aliphatic rings. The zero-order valence-electron chi connectivity index (χ0n) is 13.9. The van der Waals surface area contributed by atoms with E-state index in [1.165, 1.54) is 18.5 Å². The molecule has 0 unspecified atom stereocenters. The van der Waals surface area contributed by atoms with Crippen LogP contribution in [0.25, 0.3) is 0 Å². The molecule has 1 amide bonds. The first-order valence-electron chi connectivity index (χ1n) is 8.04. The number of carbonyl (C=O) groups is 1. The van der Waals surface area contributed by atoms with Crippen LogP contribution in [0.4, 0.5) is 27.6 Å². The Bertz CT molecular complexity index is 797. The number of hydrogen-bond acceptors (Lipinski definition) is 4. The summed E-state index contributed by atoms with van der Waals surface area (Å²) in [5.74, 6) is -0.445. The molecule has 7 nitrogen and oxygen atoms in total. The van der Waals surface area contributed by atoms with Crippen LogP contribution in [-0.4, -0.2) is 38.3 Å². The molecule has 2 aromatic heterocycles. The molecule has 3 rings (SSSR count). The summed E-state index contributed by atoms with van der Waals surface area (Å²) in [6.45, 7) is -2.29. The Balaban J connectivity index is 1.55. The molecule has 148 valence electrons. The van der Waals surface area contributed by atoms with E-state index in [2.05, 4.69) is 20.3 Å². The standard InChI is InChI=1S/C15H16F5N5O2/c16-14(17)12-3-11(9-1-2-9)23-25(12)6-13(26)22-10-4-21-24(5-10)8-27-7-15(18,19)20/h3-5,9,14H,1-2,6-8H2,(H,22,26). The van der Waals surface area contributed by atoms with E-state index in [9.17, 15) is 26.7 Å². The third kappa shape index (κ3) is 5.49. The molecule has 1 N–H and O–H groups in total. The summed E-state index contributed by atoms with van der Waals surface area (Å²) in [4.78, 5) is 12.1. The quantitative estimate of drug-likeness (QED) is 0.700. The maximum Gasteiger partial charge on any atom is 0.411 e. The predicted molar refractivity (Wildman–Crippen MR) is 82.0 cm³/mol.